The van der Waals surface area contributed by atoms with Crippen molar-refractivity contribution in [3.8, 4) is 0 Å². The van der Waals surface area contributed by atoms with Gasteiger partial charge < -0.3 is 10.4 Å². The highest BCUT2D eigenvalue weighted by Crippen LogP contribution is 2.26. The normalized spacial score (nSPS) is 24.7. The SMILES string of the molecule is OC1CCCC1CNc1nc(Cl)nnc1Cl. The summed E-state index contributed by atoms with van der Waals surface area (Å²) in [6.45, 7) is 0.621. The molecular formula is C9H12Cl2N4O. The van der Waals surface area contributed by atoms with Crippen molar-refractivity contribution in [2.75, 3.05) is 11.9 Å². The molecule has 0 aliphatic heterocycles. The maximum Gasteiger partial charge on any atom is 0.245 e. The summed E-state index contributed by atoms with van der Waals surface area (Å²) < 4.78 is 0. The minimum absolute atomic E-state index is 0.0545. The molecule has 0 saturated heterocycles. The predicted molar refractivity (Wildman–Crippen MR) is 61.7 cm³/mol. The number of aromatic nitrogens is 3. The Morgan fingerprint density at radius 1 is 1.31 bits per heavy atom. The zero-order chi connectivity index (χ0) is 11.5. The van der Waals surface area contributed by atoms with E-state index in [9.17, 15) is 5.11 Å². The average molecular weight is 263 g/mol. The number of rotatable bonds is 3. The zero-order valence-corrected chi connectivity index (χ0v) is 10.0. The summed E-state index contributed by atoms with van der Waals surface area (Å²) >= 11 is 11.4. The van der Waals surface area contributed by atoms with Gasteiger partial charge in [0, 0.05) is 12.5 Å². The predicted octanol–water partition coefficient (Wildman–Crippen LogP) is 1.75. The number of nitrogens with zero attached hydrogens (tertiary/aromatic N) is 3. The smallest absolute Gasteiger partial charge is 0.245 e. The molecule has 0 radical (unpaired) electrons. The number of anilines is 1. The van der Waals surface area contributed by atoms with E-state index >= 15 is 0 Å². The Morgan fingerprint density at radius 2 is 2.12 bits per heavy atom. The van der Waals surface area contributed by atoms with Crippen LogP contribution >= 0.6 is 23.2 Å². The molecule has 0 aromatic carbocycles. The van der Waals surface area contributed by atoms with Crippen molar-refractivity contribution in [3.63, 3.8) is 0 Å². The van der Waals surface area contributed by atoms with Gasteiger partial charge in [0.25, 0.3) is 0 Å². The molecule has 1 aliphatic rings. The molecule has 0 bridgehead atoms. The van der Waals surface area contributed by atoms with Crippen molar-refractivity contribution in [1.82, 2.24) is 15.2 Å². The summed E-state index contributed by atoms with van der Waals surface area (Å²) in [5.74, 6) is 0.658. The third kappa shape index (κ3) is 2.72. The number of aliphatic hydroxyl groups is 1. The quantitative estimate of drug-likeness (QED) is 0.869. The van der Waals surface area contributed by atoms with Gasteiger partial charge in [0.2, 0.25) is 5.28 Å². The number of aliphatic hydroxyl groups excluding tert-OH is 1. The second-order valence-corrected chi connectivity index (χ2v) is 4.56. The average Bonchev–Trinajstić information content (AvgIpc) is 2.66. The molecule has 88 valence electrons. The molecule has 1 saturated carbocycles. The summed E-state index contributed by atoms with van der Waals surface area (Å²) in [5, 5.41) is 20.1. The zero-order valence-electron chi connectivity index (χ0n) is 8.53. The van der Waals surface area contributed by atoms with Crippen LogP contribution < -0.4 is 5.32 Å². The first-order valence-corrected chi connectivity index (χ1v) is 5.90. The molecule has 0 amide bonds. The summed E-state index contributed by atoms with van der Waals surface area (Å²) in [6.07, 6.45) is 2.70. The molecule has 1 aromatic heterocycles. The monoisotopic (exact) mass is 262 g/mol. The van der Waals surface area contributed by atoms with Crippen LogP contribution in [0, 0.1) is 5.92 Å². The van der Waals surface area contributed by atoms with Crippen molar-refractivity contribution in [2.45, 2.75) is 25.4 Å². The largest absolute Gasteiger partial charge is 0.393 e. The van der Waals surface area contributed by atoms with Gasteiger partial charge in [-0.15, -0.1) is 10.2 Å². The minimum atomic E-state index is -0.239. The topological polar surface area (TPSA) is 70.9 Å². The van der Waals surface area contributed by atoms with Gasteiger partial charge >= 0.3 is 0 Å². The highest BCUT2D eigenvalue weighted by Gasteiger charge is 2.25. The number of hydrogen-bond acceptors (Lipinski definition) is 5. The van der Waals surface area contributed by atoms with Gasteiger partial charge in [-0.1, -0.05) is 18.0 Å². The fourth-order valence-corrected chi connectivity index (χ4v) is 2.16. The second-order valence-electron chi connectivity index (χ2n) is 3.86. The molecular weight excluding hydrogens is 251 g/mol. The van der Waals surface area contributed by atoms with Crippen LogP contribution in [0.2, 0.25) is 10.4 Å². The molecule has 2 atom stereocenters. The van der Waals surface area contributed by atoms with E-state index in [1.807, 2.05) is 0 Å². The summed E-state index contributed by atoms with van der Waals surface area (Å²) in [6, 6.07) is 0. The molecule has 5 nitrogen and oxygen atoms in total. The van der Waals surface area contributed by atoms with Crippen molar-refractivity contribution >= 4 is 29.0 Å². The van der Waals surface area contributed by atoms with Gasteiger partial charge in [0.05, 0.1) is 6.10 Å². The second kappa shape index (κ2) is 5.12. The van der Waals surface area contributed by atoms with E-state index in [1.54, 1.807) is 0 Å². The molecule has 0 spiro atoms. The van der Waals surface area contributed by atoms with E-state index in [0.29, 0.717) is 12.4 Å². The highest BCUT2D eigenvalue weighted by atomic mass is 35.5. The maximum atomic E-state index is 9.64. The van der Waals surface area contributed by atoms with Crippen LogP contribution in [-0.2, 0) is 0 Å². The summed E-state index contributed by atoms with van der Waals surface area (Å²) in [7, 11) is 0. The van der Waals surface area contributed by atoms with Gasteiger partial charge in [-0.3, -0.25) is 0 Å². The Morgan fingerprint density at radius 3 is 2.81 bits per heavy atom. The molecule has 1 fully saturated rings. The summed E-state index contributed by atoms with van der Waals surface area (Å²) in [5.41, 5.74) is 0. The Kier molecular flexibility index (Phi) is 3.78. The van der Waals surface area contributed by atoms with Gasteiger partial charge in [0.1, 0.15) is 0 Å². The van der Waals surface area contributed by atoms with E-state index in [-0.39, 0.29) is 22.5 Å². The first-order chi connectivity index (χ1) is 7.66. The fraction of sp³-hybridized carbons (Fsp3) is 0.667. The van der Waals surface area contributed by atoms with Gasteiger partial charge in [-0.2, -0.15) is 4.98 Å². The standard InChI is InChI=1S/C9H12Cl2N4O/c10-7-8(13-9(11)15-14-7)12-4-5-2-1-3-6(5)16/h5-6,16H,1-4H2,(H,12,13,15). The Balaban J connectivity index is 1.96. The molecule has 16 heavy (non-hydrogen) atoms. The van der Waals surface area contributed by atoms with Gasteiger partial charge in [-0.05, 0) is 24.4 Å². The number of hydrogen-bond donors (Lipinski definition) is 2. The Hall–Kier alpha value is -0.650. The lowest BCUT2D eigenvalue weighted by Gasteiger charge is -2.15. The van der Waals surface area contributed by atoms with Crippen LogP contribution in [0.4, 0.5) is 5.82 Å². The van der Waals surface area contributed by atoms with Gasteiger partial charge in [0.15, 0.2) is 11.0 Å². The molecule has 7 heteroatoms. The van der Waals surface area contributed by atoms with Crippen LogP contribution in [0.5, 0.6) is 0 Å². The summed E-state index contributed by atoms with van der Waals surface area (Å²) in [4.78, 5) is 3.93. The number of halogens is 2. The third-order valence-electron chi connectivity index (χ3n) is 2.77. The fourth-order valence-electron chi connectivity index (χ4n) is 1.89. The van der Waals surface area contributed by atoms with Crippen molar-refractivity contribution in [3.05, 3.63) is 10.4 Å². The molecule has 1 heterocycles. The third-order valence-corrected chi connectivity index (χ3v) is 3.19. The highest BCUT2D eigenvalue weighted by molar-refractivity contribution is 6.32. The van der Waals surface area contributed by atoms with Crippen LogP contribution in [-0.4, -0.2) is 32.9 Å². The molecule has 2 N–H and O–H groups in total. The maximum absolute atomic E-state index is 9.64. The lowest BCUT2D eigenvalue weighted by Crippen LogP contribution is -2.22. The van der Waals surface area contributed by atoms with Crippen molar-refractivity contribution in [2.24, 2.45) is 5.92 Å². The minimum Gasteiger partial charge on any atom is -0.393 e. The number of nitrogens with one attached hydrogen (secondary N) is 1. The van der Waals surface area contributed by atoms with E-state index < -0.39 is 0 Å². The molecule has 1 aliphatic carbocycles. The van der Waals surface area contributed by atoms with Crippen molar-refractivity contribution in [1.29, 1.82) is 0 Å². The lowest BCUT2D eigenvalue weighted by atomic mass is 10.1. The first-order valence-electron chi connectivity index (χ1n) is 5.14. The van der Waals surface area contributed by atoms with Crippen LogP contribution in [0.15, 0.2) is 0 Å². The van der Waals surface area contributed by atoms with Crippen LogP contribution in [0.25, 0.3) is 0 Å². The Bertz CT molecular complexity index is 377. The lowest BCUT2D eigenvalue weighted by molar-refractivity contribution is 0.138. The van der Waals surface area contributed by atoms with Crippen LogP contribution in [0.3, 0.4) is 0 Å². The van der Waals surface area contributed by atoms with Crippen LogP contribution in [0.1, 0.15) is 19.3 Å². The molecule has 2 unspecified atom stereocenters. The van der Waals surface area contributed by atoms with E-state index in [4.69, 9.17) is 23.2 Å². The van der Waals surface area contributed by atoms with E-state index in [0.717, 1.165) is 19.3 Å². The Labute approximate surface area is 103 Å². The van der Waals surface area contributed by atoms with E-state index in [1.165, 1.54) is 0 Å². The molecule has 2 rings (SSSR count). The van der Waals surface area contributed by atoms with E-state index in [2.05, 4.69) is 20.5 Å². The molecule has 1 aromatic rings. The first kappa shape index (κ1) is 11.8. The van der Waals surface area contributed by atoms with Gasteiger partial charge in [-0.25, -0.2) is 0 Å². The van der Waals surface area contributed by atoms with Crippen molar-refractivity contribution < 1.29 is 5.11 Å².